The summed E-state index contributed by atoms with van der Waals surface area (Å²) in [5.74, 6) is -1.00. The standard InChI is InChI=1S/C16H19FN4O2/c1-16(2,3)15(23)18-9-14(22)20-11-8-19-21(10-11)13-7-5-4-6-12(13)17/h4-8,10H,9H2,1-3H3,(H,18,23)(H,20,22). The van der Waals surface area contributed by atoms with Crippen LogP contribution in [0.25, 0.3) is 5.69 Å². The fourth-order valence-electron chi connectivity index (χ4n) is 1.79. The Labute approximate surface area is 133 Å². The van der Waals surface area contributed by atoms with E-state index in [1.54, 1.807) is 39.0 Å². The largest absolute Gasteiger partial charge is 0.347 e. The van der Waals surface area contributed by atoms with Gasteiger partial charge in [-0.3, -0.25) is 9.59 Å². The number of nitrogens with zero attached hydrogens (tertiary/aromatic N) is 2. The predicted octanol–water partition coefficient (Wildman–Crippen LogP) is 2.11. The Balaban J connectivity index is 1.96. The number of amides is 2. The lowest BCUT2D eigenvalue weighted by atomic mass is 9.96. The van der Waals surface area contributed by atoms with Gasteiger partial charge in [0.2, 0.25) is 11.8 Å². The molecule has 2 amide bonds. The molecule has 2 N–H and O–H groups in total. The van der Waals surface area contributed by atoms with Crippen molar-refractivity contribution in [3.8, 4) is 5.69 Å². The third kappa shape index (κ3) is 4.38. The van der Waals surface area contributed by atoms with Gasteiger partial charge in [0, 0.05) is 5.41 Å². The first-order chi connectivity index (χ1) is 10.8. The first kappa shape index (κ1) is 16.7. The van der Waals surface area contributed by atoms with Gasteiger partial charge in [0.05, 0.1) is 24.6 Å². The van der Waals surface area contributed by atoms with E-state index in [9.17, 15) is 14.0 Å². The van der Waals surface area contributed by atoms with Gasteiger partial charge in [0.1, 0.15) is 11.5 Å². The highest BCUT2D eigenvalue weighted by Gasteiger charge is 2.21. The van der Waals surface area contributed by atoms with Crippen molar-refractivity contribution in [2.45, 2.75) is 20.8 Å². The van der Waals surface area contributed by atoms with Crippen molar-refractivity contribution in [3.05, 3.63) is 42.5 Å². The summed E-state index contributed by atoms with van der Waals surface area (Å²) in [6, 6.07) is 6.19. The number of nitrogens with one attached hydrogen (secondary N) is 2. The van der Waals surface area contributed by atoms with Gasteiger partial charge in [0.25, 0.3) is 0 Å². The van der Waals surface area contributed by atoms with Crippen molar-refractivity contribution in [1.29, 1.82) is 0 Å². The summed E-state index contributed by atoms with van der Waals surface area (Å²) in [6.45, 7) is 5.15. The molecule has 0 saturated heterocycles. The number of benzene rings is 1. The third-order valence-corrected chi connectivity index (χ3v) is 3.06. The number of hydrogen-bond acceptors (Lipinski definition) is 3. The number of rotatable bonds is 4. The molecular formula is C16H19FN4O2. The molecule has 2 rings (SSSR count). The average Bonchev–Trinajstić information content (AvgIpc) is 2.92. The highest BCUT2D eigenvalue weighted by Crippen LogP contribution is 2.15. The summed E-state index contributed by atoms with van der Waals surface area (Å²) < 4.78 is 15.0. The van der Waals surface area contributed by atoms with Gasteiger partial charge in [0.15, 0.2) is 0 Å². The van der Waals surface area contributed by atoms with Crippen LogP contribution in [0.4, 0.5) is 10.1 Å². The topological polar surface area (TPSA) is 76.0 Å². The molecule has 7 heteroatoms. The summed E-state index contributed by atoms with van der Waals surface area (Å²) in [7, 11) is 0. The van der Waals surface area contributed by atoms with E-state index in [0.29, 0.717) is 5.69 Å². The quantitative estimate of drug-likeness (QED) is 0.906. The average molecular weight is 318 g/mol. The van der Waals surface area contributed by atoms with Gasteiger partial charge in [-0.2, -0.15) is 5.10 Å². The summed E-state index contributed by atoms with van der Waals surface area (Å²) in [6.07, 6.45) is 2.91. The van der Waals surface area contributed by atoms with Crippen molar-refractivity contribution >= 4 is 17.5 Å². The van der Waals surface area contributed by atoms with Crippen LogP contribution >= 0.6 is 0 Å². The molecule has 0 bridgehead atoms. The molecule has 0 fully saturated rings. The molecule has 0 aliphatic heterocycles. The Kier molecular flexibility index (Phi) is 4.78. The number of aromatic nitrogens is 2. The van der Waals surface area contributed by atoms with Crippen molar-refractivity contribution < 1.29 is 14.0 Å². The molecular weight excluding hydrogens is 299 g/mol. The maximum absolute atomic E-state index is 13.7. The lowest BCUT2D eigenvalue weighted by Gasteiger charge is -2.17. The molecule has 23 heavy (non-hydrogen) atoms. The smallest absolute Gasteiger partial charge is 0.243 e. The monoisotopic (exact) mass is 318 g/mol. The molecule has 6 nitrogen and oxygen atoms in total. The Bertz CT molecular complexity index is 719. The van der Waals surface area contributed by atoms with E-state index in [1.807, 2.05) is 0 Å². The molecule has 0 unspecified atom stereocenters. The van der Waals surface area contributed by atoms with Crippen LogP contribution in [0, 0.1) is 11.2 Å². The number of carbonyl (C=O) groups excluding carboxylic acids is 2. The summed E-state index contributed by atoms with van der Waals surface area (Å²) in [4.78, 5) is 23.5. The molecule has 0 aliphatic rings. The van der Waals surface area contributed by atoms with E-state index < -0.39 is 11.2 Å². The van der Waals surface area contributed by atoms with Crippen LogP contribution in [-0.4, -0.2) is 28.1 Å². The second-order valence-corrected chi connectivity index (χ2v) is 6.11. The summed E-state index contributed by atoms with van der Waals surface area (Å²) in [5.41, 5.74) is 0.146. The van der Waals surface area contributed by atoms with E-state index in [0.717, 1.165) is 0 Å². The first-order valence-electron chi connectivity index (χ1n) is 7.15. The van der Waals surface area contributed by atoms with Crippen LogP contribution in [0.2, 0.25) is 0 Å². The molecule has 0 spiro atoms. The van der Waals surface area contributed by atoms with Crippen LogP contribution in [-0.2, 0) is 9.59 Å². The summed E-state index contributed by atoms with van der Waals surface area (Å²) in [5, 5.41) is 9.16. The molecule has 1 aromatic heterocycles. The molecule has 1 aromatic carbocycles. The zero-order valence-corrected chi connectivity index (χ0v) is 13.3. The molecule has 0 radical (unpaired) electrons. The van der Waals surface area contributed by atoms with E-state index in [2.05, 4.69) is 15.7 Å². The van der Waals surface area contributed by atoms with Gasteiger partial charge in [-0.15, -0.1) is 0 Å². The first-order valence-corrected chi connectivity index (χ1v) is 7.15. The van der Waals surface area contributed by atoms with Crippen molar-refractivity contribution in [3.63, 3.8) is 0 Å². The Hall–Kier alpha value is -2.70. The lowest BCUT2D eigenvalue weighted by Crippen LogP contribution is -2.39. The Morgan fingerprint density at radius 1 is 1.26 bits per heavy atom. The van der Waals surface area contributed by atoms with Crippen LogP contribution in [0.3, 0.4) is 0 Å². The predicted molar refractivity (Wildman–Crippen MR) is 84.6 cm³/mol. The van der Waals surface area contributed by atoms with E-state index >= 15 is 0 Å². The zero-order valence-electron chi connectivity index (χ0n) is 13.3. The van der Waals surface area contributed by atoms with Gasteiger partial charge in [-0.05, 0) is 12.1 Å². The normalized spacial score (nSPS) is 11.1. The second kappa shape index (κ2) is 6.60. The number of anilines is 1. The molecule has 0 atom stereocenters. The number of carbonyl (C=O) groups is 2. The van der Waals surface area contributed by atoms with E-state index in [-0.39, 0.29) is 24.0 Å². The molecule has 1 heterocycles. The SMILES string of the molecule is CC(C)(C)C(=O)NCC(=O)Nc1cnn(-c2ccccc2F)c1. The molecule has 0 aliphatic carbocycles. The van der Waals surface area contributed by atoms with Crippen LogP contribution in [0.15, 0.2) is 36.7 Å². The molecule has 0 saturated carbocycles. The maximum atomic E-state index is 13.7. The van der Waals surface area contributed by atoms with Crippen LogP contribution < -0.4 is 10.6 Å². The van der Waals surface area contributed by atoms with Crippen LogP contribution in [0.1, 0.15) is 20.8 Å². The molecule has 122 valence electrons. The fraction of sp³-hybridized carbons (Fsp3) is 0.312. The fourth-order valence-corrected chi connectivity index (χ4v) is 1.79. The van der Waals surface area contributed by atoms with Crippen molar-refractivity contribution in [2.24, 2.45) is 5.41 Å². The van der Waals surface area contributed by atoms with Gasteiger partial charge in [-0.1, -0.05) is 32.9 Å². The van der Waals surface area contributed by atoms with E-state index in [4.69, 9.17) is 0 Å². The van der Waals surface area contributed by atoms with Crippen LogP contribution in [0.5, 0.6) is 0 Å². The highest BCUT2D eigenvalue weighted by molar-refractivity contribution is 5.95. The number of hydrogen-bond donors (Lipinski definition) is 2. The number of para-hydroxylation sites is 1. The van der Waals surface area contributed by atoms with E-state index in [1.165, 1.54) is 23.1 Å². The minimum atomic E-state index is -0.560. The minimum absolute atomic E-state index is 0.138. The Morgan fingerprint density at radius 3 is 2.61 bits per heavy atom. The van der Waals surface area contributed by atoms with Gasteiger partial charge < -0.3 is 10.6 Å². The van der Waals surface area contributed by atoms with Gasteiger partial charge >= 0.3 is 0 Å². The zero-order chi connectivity index (χ0) is 17.0. The van der Waals surface area contributed by atoms with Crippen molar-refractivity contribution in [1.82, 2.24) is 15.1 Å². The summed E-state index contributed by atoms with van der Waals surface area (Å²) >= 11 is 0. The molecule has 2 aromatic rings. The highest BCUT2D eigenvalue weighted by atomic mass is 19.1. The third-order valence-electron chi connectivity index (χ3n) is 3.06. The maximum Gasteiger partial charge on any atom is 0.243 e. The minimum Gasteiger partial charge on any atom is -0.347 e. The second-order valence-electron chi connectivity index (χ2n) is 6.11. The Morgan fingerprint density at radius 2 is 1.96 bits per heavy atom. The lowest BCUT2D eigenvalue weighted by molar-refractivity contribution is -0.130. The van der Waals surface area contributed by atoms with Gasteiger partial charge in [-0.25, -0.2) is 9.07 Å². The number of halogens is 1. The van der Waals surface area contributed by atoms with Crippen molar-refractivity contribution in [2.75, 3.05) is 11.9 Å².